The number of anilines is 2. The van der Waals surface area contributed by atoms with Crippen LogP contribution in [0.5, 0.6) is 5.75 Å². The number of aryl methyl sites for hydroxylation is 1. The molecule has 0 atom stereocenters. The smallest absolute Gasteiger partial charge is 0.292 e. The van der Waals surface area contributed by atoms with E-state index in [1.807, 2.05) is 28.9 Å². The van der Waals surface area contributed by atoms with E-state index in [9.17, 15) is 14.9 Å². The van der Waals surface area contributed by atoms with Gasteiger partial charge in [0, 0.05) is 55.5 Å². The second-order valence-electron chi connectivity index (χ2n) is 8.57. The van der Waals surface area contributed by atoms with E-state index in [1.54, 1.807) is 18.2 Å². The Morgan fingerprint density at radius 1 is 1.11 bits per heavy atom. The molecule has 1 amide bonds. The molecule has 10 nitrogen and oxygen atoms in total. The normalized spacial score (nSPS) is 16.0. The molecule has 2 fully saturated rings. The van der Waals surface area contributed by atoms with Gasteiger partial charge in [0.25, 0.3) is 11.6 Å². The molecule has 1 N–H and O–H groups in total. The molecule has 192 valence electrons. The van der Waals surface area contributed by atoms with E-state index in [1.165, 1.54) is 7.11 Å². The van der Waals surface area contributed by atoms with Gasteiger partial charge in [-0.05, 0) is 49.0 Å². The van der Waals surface area contributed by atoms with Gasteiger partial charge in [-0.2, -0.15) is 0 Å². The van der Waals surface area contributed by atoms with Gasteiger partial charge in [0.15, 0.2) is 5.11 Å². The average Bonchev–Trinajstić information content (AvgIpc) is 2.88. The topological polar surface area (TPSA) is 100 Å². The van der Waals surface area contributed by atoms with Gasteiger partial charge in [-0.3, -0.25) is 20.2 Å². The summed E-state index contributed by atoms with van der Waals surface area (Å²) in [5, 5.41) is 14.8. The number of methoxy groups -OCH3 is 1. The lowest BCUT2D eigenvalue weighted by atomic mass is 10.1. The van der Waals surface area contributed by atoms with E-state index in [2.05, 4.69) is 26.1 Å². The molecule has 2 aromatic rings. The molecule has 2 aromatic carbocycles. The zero-order chi connectivity index (χ0) is 25.8. The van der Waals surface area contributed by atoms with Crippen LogP contribution in [0.3, 0.4) is 0 Å². The first-order valence-corrected chi connectivity index (χ1v) is 12.8. The number of thiocarbonyl (C=S) groups is 1. The van der Waals surface area contributed by atoms with Crippen LogP contribution in [0.15, 0.2) is 34.8 Å². The summed E-state index contributed by atoms with van der Waals surface area (Å²) in [6.07, 6.45) is 0. The van der Waals surface area contributed by atoms with Crippen LogP contribution in [0.4, 0.5) is 17.1 Å². The number of halogens is 1. The Bertz CT molecular complexity index is 1170. The van der Waals surface area contributed by atoms with Gasteiger partial charge >= 0.3 is 0 Å². The quantitative estimate of drug-likeness (QED) is 0.325. The molecule has 0 aromatic heterocycles. The number of morpholine rings is 1. The van der Waals surface area contributed by atoms with Gasteiger partial charge in [0.2, 0.25) is 0 Å². The lowest BCUT2D eigenvalue weighted by Gasteiger charge is -2.37. The Morgan fingerprint density at radius 3 is 2.44 bits per heavy atom. The number of nitro benzene ring substituents is 1. The number of hydrogen-bond acceptors (Lipinski definition) is 8. The summed E-state index contributed by atoms with van der Waals surface area (Å²) in [6.45, 7) is 6.76. The van der Waals surface area contributed by atoms with Crippen molar-refractivity contribution in [2.45, 2.75) is 6.92 Å². The lowest BCUT2D eigenvalue weighted by molar-refractivity contribution is -0.384. The minimum Gasteiger partial charge on any atom is -0.496 e. The fourth-order valence-corrected chi connectivity index (χ4v) is 5.35. The van der Waals surface area contributed by atoms with E-state index in [0.29, 0.717) is 74.6 Å². The predicted molar refractivity (Wildman–Crippen MR) is 145 cm³/mol. The van der Waals surface area contributed by atoms with Crippen molar-refractivity contribution >= 4 is 56.2 Å². The van der Waals surface area contributed by atoms with Crippen LogP contribution in [-0.2, 0) is 4.74 Å². The van der Waals surface area contributed by atoms with E-state index < -0.39 is 0 Å². The van der Waals surface area contributed by atoms with E-state index in [0.717, 1.165) is 15.7 Å². The van der Waals surface area contributed by atoms with Crippen molar-refractivity contribution in [3.63, 3.8) is 0 Å². The Labute approximate surface area is 223 Å². The Balaban J connectivity index is 1.41. The number of amides is 1. The average molecular weight is 578 g/mol. The molecule has 4 rings (SSSR count). The number of carbonyl (C=O) groups excluding carboxylic acids is 1. The van der Waals surface area contributed by atoms with Crippen LogP contribution in [0, 0.1) is 17.0 Å². The zero-order valence-electron chi connectivity index (χ0n) is 20.2. The fourth-order valence-electron chi connectivity index (χ4n) is 4.50. The first-order chi connectivity index (χ1) is 17.3. The molecular formula is C24H28BrN5O5S. The van der Waals surface area contributed by atoms with Gasteiger partial charge in [0.1, 0.15) is 11.4 Å². The predicted octanol–water partition coefficient (Wildman–Crippen LogP) is 3.35. The maximum Gasteiger partial charge on any atom is 0.292 e. The van der Waals surface area contributed by atoms with E-state index >= 15 is 0 Å². The molecule has 2 aliphatic rings. The van der Waals surface area contributed by atoms with Crippen molar-refractivity contribution in [2.75, 3.05) is 69.4 Å². The monoisotopic (exact) mass is 577 g/mol. The number of hydrogen-bond donors (Lipinski definition) is 1. The van der Waals surface area contributed by atoms with Crippen LogP contribution in [0.25, 0.3) is 0 Å². The summed E-state index contributed by atoms with van der Waals surface area (Å²) in [5.41, 5.74) is 2.89. The number of carbonyl (C=O) groups is 1. The highest BCUT2D eigenvalue weighted by Crippen LogP contribution is 2.33. The highest BCUT2D eigenvalue weighted by atomic mass is 79.9. The second kappa shape index (κ2) is 11.4. The Morgan fingerprint density at radius 2 is 1.81 bits per heavy atom. The van der Waals surface area contributed by atoms with Gasteiger partial charge < -0.3 is 24.2 Å². The summed E-state index contributed by atoms with van der Waals surface area (Å²) in [6, 6.07) is 8.85. The largest absolute Gasteiger partial charge is 0.496 e. The number of nitrogens with zero attached hydrogens (tertiary/aromatic N) is 4. The SMILES string of the molecule is COc1c(C)cc(Br)cc1C(=O)NC(=S)N1CCN(c2ccc([N+](=O)[O-])c(N3CCOCC3)c2)CC1. The maximum absolute atomic E-state index is 12.9. The number of ether oxygens (including phenoxy) is 2. The molecule has 0 saturated carbocycles. The maximum atomic E-state index is 12.9. The van der Waals surface area contributed by atoms with Gasteiger partial charge in [-0.25, -0.2) is 0 Å². The standard InChI is InChI=1S/C24H28BrN5O5S/c1-16-13-17(25)14-19(22(16)34-2)23(31)26-24(36)29-7-5-27(6-8-29)18-3-4-20(30(32)33)21(15-18)28-9-11-35-12-10-28/h3-4,13-15H,5-12H2,1-2H3,(H,26,31,36). The van der Waals surface area contributed by atoms with Gasteiger partial charge in [-0.1, -0.05) is 15.9 Å². The van der Waals surface area contributed by atoms with Crippen LogP contribution in [0.2, 0.25) is 0 Å². The molecular weight excluding hydrogens is 550 g/mol. The summed E-state index contributed by atoms with van der Waals surface area (Å²) in [7, 11) is 1.53. The van der Waals surface area contributed by atoms with Crippen LogP contribution in [-0.4, -0.2) is 80.4 Å². The van der Waals surface area contributed by atoms with Gasteiger partial charge in [-0.15, -0.1) is 0 Å². The van der Waals surface area contributed by atoms with Crippen molar-refractivity contribution in [2.24, 2.45) is 0 Å². The summed E-state index contributed by atoms with van der Waals surface area (Å²) in [4.78, 5) is 30.3. The number of benzene rings is 2. The highest BCUT2D eigenvalue weighted by molar-refractivity contribution is 9.10. The highest BCUT2D eigenvalue weighted by Gasteiger charge is 2.26. The summed E-state index contributed by atoms with van der Waals surface area (Å²) in [5.74, 6) is 0.187. The number of piperazine rings is 1. The van der Waals surface area contributed by atoms with Crippen molar-refractivity contribution in [1.29, 1.82) is 0 Å². The Kier molecular flexibility index (Phi) is 8.27. The molecule has 0 spiro atoms. The molecule has 0 unspecified atom stereocenters. The molecule has 0 radical (unpaired) electrons. The molecule has 12 heteroatoms. The first kappa shape index (κ1) is 26.1. The van der Waals surface area contributed by atoms with Crippen molar-refractivity contribution < 1.29 is 19.2 Å². The molecule has 0 bridgehead atoms. The molecule has 0 aliphatic carbocycles. The third-order valence-electron chi connectivity index (χ3n) is 6.35. The van der Waals surface area contributed by atoms with E-state index in [4.69, 9.17) is 21.7 Å². The Hall–Kier alpha value is -2.96. The third-order valence-corrected chi connectivity index (χ3v) is 7.17. The van der Waals surface area contributed by atoms with Crippen molar-refractivity contribution in [1.82, 2.24) is 10.2 Å². The van der Waals surface area contributed by atoms with Crippen LogP contribution in [0.1, 0.15) is 15.9 Å². The molecule has 2 aliphatic heterocycles. The number of nitrogens with one attached hydrogen (secondary N) is 1. The number of nitro groups is 1. The number of rotatable bonds is 5. The van der Waals surface area contributed by atoms with Crippen LogP contribution < -0.4 is 19.9 Å². The molecule has 36 heavy (non-hydrogen) atoms. The minimum atomic E-state index is -0.338. The summed E-state index contributed by atoms with van der Waals surface area (Å²) >= 11 is 8.96. The fraction of sp³-hybridized carbons (Fsp3) is 0.417. The lowest BCUT2D eigenvalue weighted by Crippen LogP contribution is -2.52. The van der Waals surface area contributed by atoms with Gasteiger partial charge in [0.05, 0.1) is 30.8 Å². The van der Waals surface area contributed by atoms with E-state index in [-0.39, 0.29) is 16.5 Å². The third kappa shape index (κ3) is 5.71. The first-order valence-electron chi connectivity index (χ1n) is 11.6. The second-order valence-corrected chi connectivity index (χ2v) is 9.87. The zero-order valence-corrected chi connectivity index (χ0v) is 22.6. The van der Waals surface area contributed by atoms with Crippen molar-refractivity contribution in [3.05, 3.63) is 56.0 Å². The van der Waals surface area contributed by atoms with Crippen LogP contribution >= 0.6 is 28.1 Å². The molecule has 2 saturated heterocycles. The minimum absolute atomic E-state index is 0.0985. The molecule has 2 heterocycles. The summed E-state index contributed by atoms with van der Waals surface area (Å²) < 4.78 is 11.6. The van der Waals surface area contributed by atoms with Crippen molar-refractivity contribution in [3.8, 4) is 5.75 Å².